The molecule has 4 nitrogen and oxygen atoms in total. The minimum absolute atomic E-state index is 0.00509. The van der Waals surface area contributed by atoms with Gasteiger partial charge in [-0.3, -0.25) is 4.79 Å². The summed E-state index contributed by atoms with van der Waals surface area (Å²) in [5.41, 5.74) is -0.785. The Hall–Kier alpha value is -2.55. The van der Waals surface area contributed by atoms with Crippen LogP contribution in [0.25, 0.3) is 0 Å². The van der Waals surface area contributed by atoms with E-state index in [0.29, 0.717) is 6.07 Å². The molecule has 1 aromatic rings. The van der Waals surface area contributed by atoms with Crippen molar-refractivity contribution >= 4 is 11.6 Å². The van der Waals surface area contributed by atoms with Crippen LogP contribution in [0.5, 0.6) is 11.5 Å². The van der Waals surface area contributed by atoms with E-state index in [1.165, 1.54) is 0 Å². The quantitative estimate of drug-likeness (QED) is 0.589. The van der Waals surface area contributed by atoms with E-state index in [1.807, 2.05) is 0 Å². The van der Waals surface area contributed by atoms with E-state index >= 15 is 0 Å². The average molecular weight is 465 g/mol. The van der Waals surface area contributed by atoms with Gasteiger partial charge in [0, 0.05) is 11.8 Å². The Morgan fingerprint density at radius 2 is 1.37 bits per heavy atom. The monoisotopic (exact) mass is 465 g/mol. The fraction of sp³-hybridized carbons (Fsp3) is 0.500. The summed E-state index contributed by atoms with van der Waals surface area (Å²) >= 11 is 0. The molecule has 0 fully saturated rings. The first-order valence-electron chi connectivity index (χ1n) is 7.29. The highest BCUT2D eigenvalue weighted by Crippen LogP contribution is 2.58. The van der Waals surface area contributed by atoms with E-state index in [2.05, 4.69) is 0 Å². The molecule has 1 heterocycles. The van der Waals surface area contributed by atoms with Gasteiger partial charge in [0.25, 0.3) is 0 Å². The lowest BCUT2D eigenvalue weighted by Gasteiger charge is -2.38. The summed E-state index contributed by atoms with van der Waals surface area (Å²) in [5.74, 6) is -40.4. The van der Waals surface area contributed by atoms with E-state index in [4.69, 9.17) is 9.47 Å². The molecule has 0 aliphatic carbocycles. The molecule has 0 saturated carbocycles. The lowest BCUT2D eigenvalue weighted by atomic mass is 9.94. The highest BCUT2D eigenvalue weighted by Gasteiger charge is 2.89. The van der Waals surface area contributed by atoms with Crippen molar-refractivity contribution < 1.29 is 67.0 Å². The third kappa shape index (κ3) is 3.25. The van der Waals surface area contributed by atoms with Gasteiger partial charge in [0.1, 0.15) is 0 Å². The number of nitrogens with one attached hydrogen (secondary N) is 1. The number of carbonyl (C=O) groups excluding carboxylic acids is 1. The third-order valence-corrected chi connectivity index (χ3v) is 3.79. The summed E-state index contributed by atoms with van der Waals surface area (Å²) in [5, 5.41) is 0.985. The van der Waals surface area contributed by atoms with Gasteiger partial charge in [0.05, 0.1) is 0 Å². The van der Waals surface area contributed by atoms with Gasteiger partial charge in [-0.05, 0) is 12.1 Å². The maximum atomic E-state index is 13.7. The predicted octanol–water partition coefficient (Wildman–Crippen LogP) is 4.80. The zero-order chi connectivity index (χ0) is 23.3. The van der Waals surface area contributed by atoms with E-state index in [-0.39, 0.29) is 18.3 Å². The molecular weight excluding hydrogens is 458 g/mol. The van der Waals surface area contributed by atoms with Gasteiger partial charge < -0.3 is 14.8 Å². The molecule has 0 aromatic heterocycles. The molecule has 1 aromatic carbocycles. The number of amides is 1. The lowest BCUT2D eigenvalue weighted by Crippen LogP contribution is -2.70. The van der Waals surface area contributed by atoms with Gasteiger partial charge in [-0.25, -0.2) is 8.78 Å². The summed E-state index contributed by atoms with van der Waals surface area (Å²) in [6, 6.07) is 2.39. The van der Waals surface area contributed by atoms with Gasteiger partial charge in [0.15, 0.2) is 11.5 Å². The zero-order valence-electron chi connectivity index (χ0n) is 13.8. The average Bonchev–Trinajstić information content (AvgIpc) is 3.08. The van der Waals surface area contributed by atoms with Crippen LogP contribution < -0.4 is 14.8 Å². The summed E-state index contributed by atoms with van der Waals surface area (Å²) < 4.78 is 167. The fourth-order valence-electron chi connectivity index (χ4n) is 2.07. The maximum Gasteiger partial charge on any atom is 0.393 e. The number of alkyl halides is 12. The summed E-state index contributed by atoms with van der Waals surface area (Å²) in [6.07, 6.45) is -5.62. The van der Waals surface area contributed by atoms with Crippen LogP contribution in [-0.2, 0) is 4.79 Å². The van der Waals surface area contributed by atoms with Crippen LogP contribution in [0.4, 0.5) is 58.4 Å². The molecule has 1 aliphatic heterocycles. The molecule has 0 spiro atoms. The highest BCUT2D eigenvalue weighted by molar-refractivity contribution is 5.97. The number of hydrogen-bond acceptors (Lipinski definition) is 3. The molecule has 0 radical (unpaired) electrons. The van der Waals surface area contributed by atoms with Gasteiger partial charge in [0.2, 0.25) is 6.79 Å². The molecule has 0 saturated heterocycles. The minimum atomic E-state index is -7.78. The molecule has 2 rings (SSSR count). The van der Waals surface area contributed by atoms with Crippen LogP contribution in [0.15, 0.2) is 18.2 Å². The summed E-state index contributed by atoms with van der Waals surface area (Å²) in [4.78, 5) is 11.4. The topological polar surface area (TPSA) is 47.6 Å². The number of rotatable bonds is 7. The fourth-order valence-corrected chi connectivity index (χ4v) is 2.07. The number of fused-ring (bicyclic) bond motifs is 1. The Kier molecular flexibility index (Phi) is 5.54. The first-order valence-corrected chi connectivity index (χ1v) is 7.29. The van der Waals surface area contributed by atoms with Crippen molar-refractivity contribution in [3.05, 3.63) is 18.2 Å². The van der Waals surface area contributed by atoms with Crippen LogP contribution in [0, 0.1) is 0 Å². The summed E-state index contributed by atoms with van der Waals surface area (Å²) in [7, 11) is 0. The first kappa shape index (κ1) is 23.7. The highest BCUT2D eigenvalue weighted by atomic mass is 19.4. The van der Waals surface area contributed by atoms with Crippen molar-refractivity contribution in [2.45, 2.75) is 36.0 Å². The van der Waals surface area contributed by atoms with Crippen molar-refractivity contribution in [3.63, 3.8) is 0 Å². The number of hydrogen-bond donors (Lipinski definition) is 1. The minimum Gasteiger partial charge on any atom is -0.454 e. The predicted molar refractivity (Wildman–Crippen MR) is 71.9 cm³/mol. The Labute approximate surface area is 157 Å². The number of benzene rings is 1. The Morgan fingerprint density at radius 1 is 0.833 bits per heavy atom. The van der Waals surface area contributed by atoms with E-state index in [1.54, 1.807) is 0 Å². The van der Waals surface area contributed by atoms with Gasteiger partial charge in [-0.1, -0.05) is 0 Å². The third-order valence-electron chi connectivity index (χ3n) is 3.79. The maximum absolute atomic E-state index is 13.7. The van der Waals surface area contributed by atoms with Gasteiger partial charge in [-0.15, -0.1) is 0 Å². The Balaban J connectivity index is 2.37. The van der Waals surface area contributed by atoms with Crippen LogP contribution in [0.1, 0.15) is 0 Å². The Bertz CT molecular complexity index is 826. The summed E-state index contributed by atoms with van der Waals surface area (Å²) in [6.45, 7) is -0.360. The first-order chi connectivity index (χ1) is 13.4. The second-order valence-electron chi connectivity index (χ2n) is 5.74. The van der Waals surface area contributed by atoms with Crippen molar-refractivity contribution in [1.29, 1.82) is 0 Å². The molecule has 1 N–H and O–H groups in total. The van der Waals surface area contributed by atoms with E-state index in [0.717, 1.165) is 17.4 Å². The molecule has 1 amide bonds. The smallest absolute Gasteiger partial charge is 0.393 e. The van der Waals surface area contributed by atoms with E-state index < -0.39 is 47.6 Å². The van der Waals surface area contributed by atoms with Crippen molar-refractivity contribution in [1.82, 2.24) is 0 Å². The van der Waals surface area contributed by atoms with Crippen LogP contribution in [0.2, 0.25) is 0 Å². The lowest BCUT2D eigenvalue weighted by molar-refractivity contribution is -0.406. The van der Waals surface area contributed by atoms with Gasteiger partial charge in [-0.2, -0.15) is 43.9 Å². The molecule has 0 bridgehead atoms. The normalized spacial score (nSPS) is 15.5. The molecule has 30 heavy (non-hydrogen) atoms. The van der Waals surface area contributed by atoms with Crippen LogP contribution in [0.3, 0.4) is 0 Å². The number of carbonyl (C=O) groups is 1. The second kappa shape index (κ2) is 7.01. The standard InChI is InChI=1S/C14H7F12NO3/c15-8(16)10(17,18)12(21,22)14(25,26)13(23,24)11(19,20)9(28)27-5-1-2-6-7(3-5)30-4-29-6/h1-3,8H,4H2,(H,27,28). The van der Waals surface area contributed by atoms with Gasteiger partial charge >= 0.3 is 41.9 Å². The van der Waals surface area contributed by atoms with E-state index in [9.17, 15) is 57.5 Å². The largest absolute Gasteiger partial charge is 0.454 e. The molecule has 16 heteroatoms. The number of halogens is 12. The molecular formula is C14H7F12NO3. The number of ether oxygens (including phenoxy) is 2. The van der Waals surface area contributed by atoms with Crippen molar-refractivity contribution in [2.75, 3.05) is 12.1 Å². The Morgan fingerprint density at radius 3 is 1.90 bits per heavy atom. The van der Waals surface area contributed by atoms with Crippen LogP contribution in [-0.4, -0.2) is 48.7 Å². The van der Waals surface area contributed by atoms with Crippen molar-refractivity contribution in [3.8, 4) is 11.5 Å². The molecule has 170 valence electrons. The molecule has 0 atom stereocenters. The van der Waals surface area contributed by atoms with Crippen LogP contribution >= 0.6 is 0 Å². The second-order valence-corrected chi connectivity index (χ2v) is 5.74. The molecule has 1 aliphatic rings. The number of anilines is 1. The van der Waals surface area contributed by atoms with Crippen molar-refractivity contribution in [2.24, 2.45) is 0 Å². The SMILES string of the molecule is O=C(Nc1ccc2c(c1)OCO2)C(F)(F)C(F)(F)C(F)(F)C(F)(F)C(F)(F)C(F)F. The zero-order valence-corrected chi connectivity index (χ0v) is 13.8. The molecule has 0 unspecified atom stereocenters.